The number of aliphatic carboxylic acids is 2. The van der Waals surface area contributed by atoms with Gasteiger partial charge in [0.2, 0.25) is 0 Å². The maximum absolute atomic E-state index is 10.6. The molecular formula is C20H23F6N3O5. The first-order valence-electron chi connectivity index (χ1n) is 10.3. The number of nitrogens with one attached hydrogen (secondary N) is 1. The Morgan fingerprint density at radius 1 is 0.882 bits per heavy atom. The lowest BCUT2D eigenvalue weighted by Crippen LogP contribution is -2.29. The molecule has 0 unspecified atom stereocenters. The molecule has 1 fully saturated rings. The lowest BCUT2D eigenvalue weighted by Gasteiger charge is -2.24. The van der Waals surface area contributed by atoms with Crippen molar-refractivity contribution < 1.29 is 50.6 Å². The Bertz CT molecular complexity index is 916. The average molecular weight is 499 g/mol. The van der Waals surface area contributed by atoms with Crippen LogP contribution in [0.15, 0.2) is 16.5 Å². The van der Waals surface area contributed by atoms with Crippen molar-refractivity contribution in [2.24, 2.45) is 0 Å². The van der Waals surface area contributed by atoms with E-state index in [4.69, 9.17) is 29.2 Å². The van der Waals surface area contributed by atoms with Gasteiger partial charge in [-0.1, -0.05) is 0 Å². The third-order valence-electron chi connectivity index (χ3n) is 4.95. The molecule has 0 amide bonds. The predicted octanol–water partition coefficient (Wildman–Crippen LogP) is 3.77. The van der Waals surface area contributed by atoms with E-state index in [1.54, 1.807) is 0 Å². The number of halogens is 6. The van der Waals surface area contributed by atoms with Crippen LogP contribution in [0.1, 0.15) is 30.4 Å². The molecule has 0 saturated carbocycles. The normalized spacial score (nSPS) is 16.4. The van der Waals surface area contributed by atoms with Gasteiger partial charge in [0.1, 0.15) is 5.52 Å². The fourth-order valence-corrected chi connectivity index (χ4v) is 3.30. The van der Waals surface area contributed by atoms with Crippen LogP contribution in [0.3, 0.4) is 0 Å². The van der Waals surface area contributed by atoms with E-state index >= 15 is 0 Å². The topological polar surface area (TPSA) is 116 Å². The van der Waals surface area contributed by atoms with Crippen LogP contribution in [0, 0.1) is 0 Å². The summed E-state index contributed by atoms with van der Waals surface area (Å²) in [6, 6.07) is 5.25. The number of rotatable bonds is 1. The van der Waals surface area contributed by atoms with Crippen LogP contribution in [-0.4, -0.2) is 65.7 Å². The predicted molar refractivity (Wildman–Crippen MR) is 108 cm³/mol. The number of benzene rings is 1. The fraction of sp³-hybridized carbons (Fsp3) is 0.550. The van der Waals surface area contributed by atoms with Gasteiger partial charge in [-0.25, -0.2) is 9.59 Å². The quantitative estimate of drug-likeness (QED) is 0.508. The number of hydrogen-bond acceptors (Lipinski definition) is 6. The van der Waals surface area contributed by atoms with Gasteiger partial charge in [0, 0.05) is 13.1 Å². The smallest absolute Gasteiger partial charge is 0.475 e. The summed E-state index contributed by atoms with van der Waals surface area (Å²) in [5, 5.41) is 17.7. The molecule has 3 N–H and O–H groups in total. The van der Waals surface area contributed by atoms with Gasteiger partial charge < -0.3 is 24.8 Å². The third kappa shape index (κ3) is 8.08. The number of anilines is 1. The Balaban J connectivity index is 0.000000244. The van der Waals surface area contributed by atoms with E-state index in [-0.39, 0.29) is 0 Å². The Labute approximate surface area is 189 Å². The minimum atomic E-state index is -5.08. The summed E-state index contributed by atoms with van der Waals surface area (Å²) in [5.74, 6) is -5.51. The molecule has 1 aromatic heterocycles. The molecule has 4 rings (SSSR count). The van der Waals surface area contributed by atoms with Crippen molar-refractivity contribution in [3.63, 3.8) is 0 Å². The molecule has 0 spiro atoms. The van der Waals surface area contributed by atoms with Gasteiger partial charge in [-0.05, 0) is 68.5 Å². The standard InChI is InChI=1S/C16H21N3O.2C2HF3O2/c1-2-8-19(9-3-1)16-18-14-10-12-4-6-17-7-5-13(12)11-15(14)20-16;2*3-2(4,5)1(6)7/h10-11,17H,1-9H2;2*(H,6,7). The number of aromatic nitrogens is 1. The van der Waals surface area contributed by atoms with Crippen LogP contribution in [-0.2, 0) is 22.4 Å². The van der Waals surface area contributed by atoms with E-state index in [2.05, 4.69) is 22.3 Å². The molecule has 8 nitrogen and oxygen atoms in total. The number of fused-ring (bicyclic) bond motifs is 2. The molecule has 2 aliphatic heterocycles. The fourth-order valence-electron chi connectivity index (χ4n) is 3.30. The summed E-state index contributed by atoms with van der Waals surface area (Å²) in [7, 11) is 0. The molecule has 0 atom stereocenters. The van der Waals surface area contributed by atoms with Gasteiger partial charge >= 0.3 is 24.3 Å². The van der Waals surface area contributed by atoms with Crippen LogP contribution in [0.2, 0.25) is 0 Å². The number of carbonyl (C=O) groups is 2. The largest absolute Gasteiger partial charge is 0.490 e. The van der Waals surface area contributed by atoms with Gasteiger partial charge in [0.05, 0.1) is 0 Å². The first-order valence-corrected chi connectivity index (χ1v) is 10.3. The summed E-state index contributed by atoms with van der Waals surface area (Å²) < 4.78 is 69.5. The number of carboxylic acids is 2. The van der Waals surface area contributed by atoms with Crippen molar-refractivity contribution in [1.29, 1.82) is 0 Å². The van der Waals surface area contributed by atoms with E-state index in [1.807, 2.05) is 0 Å². The second-order valence-corrected chi connectivity index (χ2v) is 7.49. The van der Waals surface area contributed by atoms with Crippen molar-refractivity contribution >= 4 is 29.1 Å². The first-order chi connectivity index (χ1) is 15.8. The lowest BCUT2D eigenvalue weighted by molar-refractivity contribution is -0.193. The molecule has 0 bridgehead atoms. The molecule has 2 aromatic rings. The number of nitrogens with zero attached hydrogens (tertiary/aromatic N) is 2. The third-order valence-corrected chi connectivity index (χ3v) is 4.95. The zero-order valence-corrected chi connectivity index (χ0v) is 17.8. The van der Waals surface area contributed by atoms with Crippen molar-refractivity contribution in [2.45, 2.75) is 44.5 Å². The molecule has 1 saturated heterocycles. The van der Waals surface area contributed by atoms with Gasteiger partial charge in [-0.3, -0.25) is 0 Å². The highest BCUT2D eigenvalue weighted by Gasteiger charge is 2.38. The van der Waals surface area contributed by atoms with Crippen molar-refractivity contribution in [3.8, 4) is 0 Å². The molecule has 14 heteroatoms. The summed E-state index contributed by atoms with van der Waals surface area (Å²) in [6.07, 6.45) is -4.15. The van der Waals surface area contributed by atoms with Crippen molar-refractivity contribution in [3.05, 3.63) is 23.3 Å². The van der Waals surface area contributed by atoms with Gasteiger partial charge in [0.15, 0.2) is 5.58 Å². The molecule has 3 heterocycles. The number of piperidine rings is 1. The van der Waals surface area contributed by atoms with E-state index < -0.39 is 24.3 Å². The molecule has 34 heavy (non-hydrogen) atoms. The monoisotopic (exact) mass is 499 g/mol. The Hall–Kier alpha value is -3.03. The Morgan fingerprint density at radius 2 is 1.35 bits per heavy atom. The number of oxazole rings is 1. The van der Waals surface area contributed by atoms with Gasteiger partial charge in [-0.2, -0.15) is 31.3 Å². The van der Waals surface area contributed by atoms with E-state index in [9.17, 15) is 26.3 Å². The van der Waals surface area contributed by atoms with Crippen molar-refractivity contribution in [1.82, 2.24) is 10.3 Å². The van der Waals surface area contributed by atoms with Crippen LogP contribution >= 0.6 is 0 Å². The number of carboxylic acid groups (broad SMARTS) is 2. The number of alkyl halides is 6. The summed E-state index contributed by atoms with van der Waals surface area (Å²) in [6.45, 7) is 4.29. The van der Waals surface area contributed by atoms with Crippen LogP contribution in [0.4, 0.5) is 32.4 Å². The Kier molecular flexibility index (Phi) is 9.13. The van der Waals surface area contributed by atoms with Gasteiger partial charge in [0.25, 0.3) is 6.01 Å². The number of hydrogen-bond donors (Lipinski definition) is 3. The highest BCUT2D eigenvalue weighted by Crippen LogP contribution is 2.28. The first kappa shape index (κ1) is 27.2. The highest BCUT2D eigenvalue weighted by molar-refractivity contribution is 5.77. The van der Waals surface area contributed by atoms with E-state index in [0.717, 1.165) is 56.1 Å². The summed E-state index contributed by atoms with van der Waals surface area (Å²) in [4.78, 5) is 24.8. The second-order valence-electron chi connectivity index (χ2n) is 7.49. The van der Waals surface area contributed by atoms with Crippen LogP contribution in [0.5, 0.6) is 0 Å². The second kappa shape index (κ2) is 11.4. The minimum absolute atomic E-state index is 0.818. The van der Waals surface area contributed by atoms with E-state index in [0.29, 0.717) is 0 Å². The maximum atomic E-state index is 10.6. The lowest BCUT2D eigenvalue weighted by atomic mass is 10.0. The van der Waals surface area contributed by atoms with Crippen LogP contribution in [0.25, 0.3) is 11.1 Å². The average Bonchev–Trinajstić information content (AvgIpc) is 3.02. The Morgan fingerprint density at radius 3 is 1.82 bits per heavy atom. The molecular weight excluding hydrogens is 476 g/mol. The SMILES string of the molecule is O=C(O)C(F)(F)F.O=C(O)C(F)(F)F.c1c2c(cc3oc(N4CCCCC4)nc13)CCNCC2. The maximum Gasteiger partial charge on any atom is 0.490 e. The van der Waals surface area contributed by atoms with Crippen LogP contribution < -0.4 is 10.2 Å². The highest BCUT2D eigenvalue weighted by atomic mass is 19.4. The molecule has 0 radical (unpaired) electrons. The summed E-state index contributed by atoms with van der Waals surface area (Å²) >= 11 is 0. The van der Waals surface area contributed by atoms with Crippen molar-refractivity contribution in [2.75, 3.05) is 31.1 Å². The molecule has 1 aromatic carbocycles. The molecule has 190 valence electrons. The van der Waals surface area contributed by atoms with Gasteiger partial charge in [-0.15, -0.1) is 0 Å². The zero-order chi connectivity index (χ0) is 25.5. The summed E-state index contributed by atoms with van der Waals surface area (Å²) in [5.41, 5.74) is 4.82. The molecule has 2 aliphatic rings. The zero-order valence-electron chi connectivity index (χ0n) is 17.8. The minimum Gasteiger partial charge on any atom is -0.475 e. The van der Waals surface area contributed by atoms with E-state index in [1.165, 1.54) is 30.4 Å². The molecule has 0 aliphatic carbocycles.